The molecule has 0 bridgehead atoms. The van der Waals surface area contributed by atoms with Crippen LogP contribution in [0, 0.1) is 34.6 Å². The molecule has 0 aliphatic carbocycles. The van der Waals surface area contributed by atoms with Gasteiger partial charge in [0.25, 0.3) is 0 Å². The van der Waals surface area contributed by atoms with Gasteiger partial charge in [0.15, 0.2) is 0 Å². The van der Waals surface area contributed by atoms with Crippen LogP contribution < -0.4 is 5.73 Å². The third kappa shape index (κ3) is 2.44. The summed E-state index contributed by atoms with van der Waals surface area (Å²) in [5.74, 6) is -0.572. The second-order valence-electron chi connectivity index (χ2n) is 6.13. The van der Waals surface area contributed by atoms with E-state index in [1.54, 1.807) is 0 Å². The number of amides is 1. The van der Waals surface area contributed by atoms with Crippen molar-refractivity contribution in [3.63, 3.8) is 0 Å². The first-order valence-corrected chi connectivity index (χ1v) is 8.92. The van der Waals surface area contributed by atoms with Gasteiger partial charge in [-0.1, -0.05) is 0 Å². The molecule has 1 aromatic carbocycles. The van der Waals surface area contributed by atoms with E-state index >= 15 is 0 Å². The van der Waals surface area contributed by atoms with E-state index < -0.39 is 22.0 Å². The summed E-state index contributed by atoms with van der Waals surface area (Å²) in [5, 5.41) is 0. The molecule has 1 atom stereocenters. The molecule has 5 nitrogen and oxygen atoms in total. The number of benzene rings is 1. The van der Waals surface area contributed by atoms with Crippen molar-refractivity contribution in [1.82, 2.24) is 4.31 Å². The minimum atomic E-state index is -3.72. The topological polar surface area (TPSA) is 80.5 Å². The van der Waals surface area contributed by atoms with Crippen LogP contribution in [-0.2, 0) is 14.8 Å². The Kier molecular flexibility index (Phi) is 4.37. The maximum Gasteiger partial charge on any atom is 0.244 e. The Bertz CT molecular complexity index is 709. The van der Waals surface area contributed by atoms with Gasteiger partial charge in [0, 0.05) is 6.54 Å². The van der Waals surface area contributed by atoms with E-state index in [1.165, 1.54) is 4.31 Å². The molecule has 2 N–H and O–H groups in total. The van der Waals surface area contributed by atoms with Gasteiger partial charge in [0.1, 0.15) is 6.04 Å². The summed E-state index contributed by atoms with van der Waals surface area (Å²) in [4.78, 5) is 11.9. The molecule has 0 saturated carbocycles. The van der Waals surface area contributed by atoms with Gasteiger partial charge < -0.3 is 5.73 Å². The number of primary amides is 1. The normalized spacial score (nSPS) is 19.6. The first kappa shape index (κ1) is 17.0. The maximum atomic E-state index is 13.1. The van der Waals surface area contributed by atoms with Crippen molar-refractivity contribution in [3.8, 4) is 0 Å². The standard InChI is InChI=1S/C16H24N2O3S/c1-9-10(2)12(4)15(13(5)11(9)3)22(20,21)18-8-6-7-14(18)16(17)19/h14H,6-8H2,1-5H3,(H2,17,19). The van der Waals surface area contributed by atoms with E-state index in [4.69, 9.17) is 5.73 Å². The van der Waals surface area contributed by atoms with Crippen molar-refractivity contribution in [3.05, 3.63) is 27.8 Å². The van der Waals surface area contributed by atoms with Gasteiger partial charge in [0.2, 0.25) is 15.9 Å². The summed E-state index contributed by atoms with van der Waals surface area (Å²) < 4.78 is 27.5. The van der Waals surface area contributed by atoms with Gasteiger partial charge in [-0.25, -0.2) is 8.42 Å². The van der Waals surface area contributed by atoms with Crippen LogP contribution in [0.4, 0.5) is 0 Å². The first-order chi connectivity index (χ1) is 10.1. The Labute approximate surface area is 132 Å². The van der Waals surface area contributed by atoms with Crippen molar-refractivity contribution in [2.45, 2.75) is 58.4 Å². The fourth-order valence-corrected chi connectivity index (χ4v) is 5.51. The molecule has 1 aliphatic rings. The van der Waals surface area contributed by atoms with Crippen molar-refractivity contribution < 1.29 is 13.2 Å². The van der Waals surface area contributed by atoms with Crippen molar-refractivity contribution in [1.29, 1.82) is 0 Å². The van der Waals surface area contributed by atoms with Crippen LogP contribution in [0.5, 0.6) is 0 Å². The molecule has 2 rings (SSSR count). The van der Waals surface area contributed by atoms with Crippen LogP contribution in [-0.4, -0.2) is 31.2 Å². The summed E-state index contributed by atoms with van der Waals surface area (Å²) in [7, 11) is -3.72. The van der Waals surface area contributed by atoms with Crippen molar-refractivity contribution in [2.24, 2.45) is 5.73 Å². The Morgan fingerprint density at radius 2 is 1.45 bits per heavy atom. The van der Waals surface area contributed by atoms with Crippen LogP contribution in [0.3, 0.4) is 0 Å². The van der Waals surface area contributed by atoms with E-state index in [9.17, 15) is 13.2 Å². The molecule has 1 fully saturated rings. The van der Waals surface area contributed by atoms with E-state index in [2.05, 4.69) is 0 Å². The second kappa shape index (κ2) is 5.66. The van der Waals surface area contributed by atoms with E-state index in [0.29, 0.717) is 24.3 Å². The highest BCUT2D eigenvalue weighted by Crippen LogP contribution is 2.34. The summed E-state index contributed by atoms with van der Waals surface area (Å²) in [6.07, 6.45) is 1.16. The quantitative estimate of drug-likeness (QED) is 0.921. The largest absolute Gasteiger partial charge is 0.368 e. The number of nitrogens with two attached hydrogens (primary N) is 1. The second-order valence-corrected chi connectivity index (χ2v) is 7.96. The third-order valence-electron chi connectivity index (χ3n) is 5.03. The van der Waals surface area contributed by atoms with Gasteiger partial charge in [-0.3, -0.25) is 4.79 Å². The number of hydrogen-bond donors (Lipinski definition) is 1. The van der Waals surface area contributed by atoms with Crippen LogP contribution in [0.15, 0.2) is 4.90 Å². The van der Waals surface area contributed by atoms with Crippen LogP contribution >= 0.6 is 0 Å². The summed E-state index contributed by atoms with van der Waals surface area (Å²) in [6.45, 7) is 9.88. The number of sulfonamides is 1. The lowest BCUT2D eigenvalue weighted by Gasteiger charge is -2.26. The Morgan fingerprint density at radius 1 is 1.00 bits per heavy atom. The first-order valence-electron chi connectivity index (χ1n) is 7.48. The SMILES string of the molecule is Cc1c(C)c(C)c(S(=O)(=O)N2CCCC2C(N)=O)c(C)c1C. The molecule has 1 aromatic rings. The van der Waals surface area contributed by atoms with Crippen LogP contribution in [0.25, 0.3) is 0 Å². The average molecular weight is 324 g/mol. The lowest BCUT2D eigenvalue weighted by molar-refractivity contribution is -0.121. The average Bonchev–Trinajstić information content (AvgIpc) is 2.93. The van der Waals surface area contributed by atoms with Gasteiger partial charge >= 0.3 is 0 Å². The fourth-order valence-electron chi connectivity index (χ4n) is 3.28. The molecule has 1 unspecified atom stereocenters. The minimum absolute atomic E-state index is 0.334. The minimum Gasteiger partial charge on any atom is -0.368 e. The lowest BCUT2D eigenvalue weighted by Crippen LogP contribution is -2.44. The monoisotopic (exact) mass is 324 g/mol. The van der Waals surface area contributed by atoms with Crippen LogP contribution in [0.2, 0.25) is 0 Å². The van der Waals surface area contributed by atoms with Crippen molar-refractivity contribution >= 4 is 15.9 Å². The Hall–Kier alpha value is -1.40. The predicted octanol–water partition coefficient (Wildman–Crippen LogP) is 1.87. The summed E-state index contributed by atoms with van der Waals surface area (Å²) >= 11 is 0. The Morgan fingerprint density at radius 3 is 1.91 bits per heavy atom. The highest BCUT2D eigenvalue weighted by Gasteiger charge is 2.40. The highest BCUT2D eigenvalue weighted by atomic mass is 32.2. The zero-order valence-corrected chi connectivity index (χ0v) is 14.7. The molecule has 6 heteroatoms. The van der Waals surface area contributed by atoms with Gasteiger partial charge in [-0.05, 0) is 75.3 Å². The zero-order valence-electron chi connectivity index (χ0n) is 13.9. The fraction of sp³-hybridized carbons (Fsp3) is 0.562. The third-order valence-corrected chi connectivity index (χ3v) is 7.21. The molecule has 1 aliphatic heterocycles. The smallest absolute Gasteiger partial charge is 0.244 e. The Balaban J connectivity index is 2.68. The number of carbonyl (C=O) groups is 1. The van der Waals surface area contributed by atoms with Gasteiger partial charge in [-0.2, -0.15) is 4.31 Å². The summed E-state index contributed by atoms with van der Waals surface area (Å²) in [6, 6.07) is -0.731. The molecule has 0 spiro atoms. The van der Waals surface area contributed by atoms with Crippen molar-refractivity contribution in [2.75, 3.05) is 6.54 Å². The van der Waals surface area contributed by atoms with E-state index in [-0.39, 0.29) is 0 Å². The number of hydrogen-bond acceptors (Lipinski definition) is 3. The number of carbonyl (C=O) groups excluding carboxylic acids is 1. The molecule has 0 radical (unpaired) electrons. The molecule has 22 heavy (non-hydrogen) atoms. The molecule has 122 valence electrons. The molecule has 1 saturated heterocycles. The number of rotatable bonds is 3. The maximum absolute atomic E-state index is 13.1. The van der Waals surface area contributed by atoms with E-state index in [0.717, 1.165) is 27.8 Å². The van der Waals surface area contributed by atoms with Crippen LogP contribution in [0.1, 0.15) is 40.7 Å². The molecular formula is C16H24N2O3S. The predicted molar refractivity (Wildman–Crippen MR) is 86.2 cm³/mol. The van der Waals surface area contributed by atoms with Gasteiger partial charge in [-0.15, -0.1) is 0 Å². The molecular weight excluding hydrogens is 300 g/mol. The van der Waals surface area contributed by atoms with E-state index in [1.807, 2.05) is 34.6 Å². The summed E-state index contributed by atoms with van der Waals surface area (Å²) in [5.41, 5.74) is 9.98. The molecule has 0 aromatic heterocycles. The molecule has 1 heterocycles. The van der Waals surface area contributed by atoms with Gasteiger partial charge in [0.05, 0.1) is 4.90 Å². The zero-order chi connectivity index (χ0) is 16.8. The number of nitrogens with zero attached hydrogens (tertiary/aromatic N) is 1. The molecule has 1 amide bonds. The lowest BCUT2D eigenvalue weighted by atomic mass is 9.95. The highest BCUT2D eigenvalue weighted by molar-refractivity contribution is 7.89.